The molecule has 1 rings (SSSR count). The quantitative estimate of drug-likeness (QED) is 0.852. The third-order valence-corrected chi connectivity index (χ3v) is 2.90. The lowest BCUT2D eigenvalue weighted by molar-refractivity contribution is -0.132. The Morgan fingerprint density at radius 3 is 2.37 bits per heavy atom. The molecule has 1 atom stereocenters. The van der Waals surface area contributed by atoms with Gasteiger partial charge in [0.25, 0.3) is 0 Å². The van der Waals surface area contributed by atoms with Gasteiger partial charge in [0.15, 0.2) is 0 Å². The first-order valence-electron chi connectivity index (χ1n) is 5.88. The molecule has 0 bridgehead atoms. The standard InChI is InChI=1S/C13H17F4NO/c1-8-6-12(10(9(2)19)7-11(8)14)18(3)5-4-13(15,16)17/h6-7,9,19H,4-5H2,1-3H3/t9-/m0/s1. The highest BCUT2D eigenvalue weighted by Gasteiger charge is 2.27. The van der Waals surface area contributed by atoms with Gasteiger partial charge >= 0.3 is 6.18 Å². The maximum atomic E-state index is 13.4. The van der Waals surface area contributed by atoms with Crippen LogP contribution in [0.3, 0.4) is 0 Å². The first-order chi connectivity index (χ1) is 8.61. The molecule has 0 aliphatic carbocycles. The van der Waals surface area contributed by atoms with E-state index in [1.54, 1.807) is 0 Å². The van der Waals surface area contributed by atoms with Crippen molar-refractivity contribution in [1.82, 2.24) is 0 Å². The molecule has 0 amide bonds. The van der Waals surface area contributed by atoms with Crippen LogP contribution in [0.25, 0.3) is 0 Å². The minimum Gasteiger partial charge on any atom is -0.389 e. The number of aryl methyl sites for hydroxylation is 1. The third-order valence-electron chi connectivity index (χ3n) is 2.90. The van der Waals surface area contributed by atoms with Gasteiger partial charge in [-0.25, -0.2) is 4.39 Å². The molecule has 0 radical (unpaired) electrons. The number of rotatable bonds is 4. The van der Waals surface area contributed by atoms with Gasteiger partial charge in [-0.05, 0) is 31.5 Å². The largest absolute Gasteiger partial charge is 0.390 e. The van der Waals surface area contributed by atoms with Crippen LogP contribution in [0.5, 0.6) is 0 Å². The summed E-state index contributed by atoms with van der Waals surface area (Å²) in [6.07, 6.45) is -6.15. The molecule has 6 heteroatoms. The first-order valence-corrected chi connectivity index (χ1v) is 5.88. The van der Waals surface area contributed by atoms with Gasteiger partial charge in [-0.15, -0.1) is 0 Å². The minimum atomic E-state index is -4.24. The molecule has 0 unspecified atom stereocenters. The number of anilines is 1. The summed E-state index contributed by atoms with van der Waals surface area (Å²) >= 11 is 0. The van der Waals surface area contributed by atoms with Gasteiger partial charge in [-0.3, -0.25) is 0 Å². The Bertz CT molecular complexity index is 443. The normalized spacial score (nSPS) is 13.5. The third kappa shape index (κ3) is 4.38. The van der Waals surface area contributed by atoms with Crippen molar-refractivity contribution in [1.29, 1.82) is 0 Å². The van der Waals surface area contributed by atoms with E-state index in [4.69, 9.17) is 0 Å². The predicted octanol–water partition coefficient (Wildman–Crippen LogP) is 3.58. The molecule has 1 N–H and O–H groups in total. The van der Waals surface area contributed by atoms with Gasteiger partial charge in [-0.2, -0.15) is 13.2 Å². The van der Waals surface area contributed by atoms with Gasteiger partial charge in [0.2, 0.25) is 0 Å². The van der Waals surface area contributed by atoms with Crippen LogP contribution in [-0.4, -0.2) is 24.9 Å². The average Bonchev–Trinajstić information content (AvgIpc) is 2.27. The van der Waals surface area contributed by atoms with Crippen LogP contribution in [0.4, 0.5) is 23.2 Å². The summed E-state index contributed by atoms with van der Waals surface area (Å²) in [5.74, 6) is -0.483. The zero-order chi connectivity index (χ0) is 14.8. The molecule has 19 heavy (non-hydrogen) atoms. The number of aliphatic hydroxyl groups is 1. The SMILES string of the molecule is Cc1cc(N(C)CCC(F)(F)F)c([C@H](C)O)cc1F. The first kappa shape index (κ1) is 15.8. The lowest BCUT2D eigenvalue weighted by Crippen LogP contribution is -2.25. The molecule has 2 nitrogen and oxygen atoms in total. The molecule has 0 aliphatic heterocycles. The van der Waals surface area contributed by atoms with E-state index in [-0.39, 0.29) is 12.1 Å². The Balaban J connectivity index is 3.01. The fraction of sp³-hybridized carbons (Fsp3) is 0.538. The monoisotopic (exact) mass is 279 g/mol. The van der Waals surface area contributed by atoms with Gasteiger partial charge in [0, 0.05) is 24.8 Å². The summed E-state index contributed by atoms with van der Waals surface area (Å²) in [5, 5.41) is 9.58. The van der Waals surface area contributed by atoms with Crippen LogP contribution in [-0.2, 0) is 0 Å². The van der Waals surface area contributed by atoms with Gasteiger partial charge in [-0.1, -0.05) is 0 Å². The zero-order valence-corrected chi connectivity index (χ0v) is 11.1. The Morgan fingerprint density at radius 1 is 1.32 bits per heavy atom. The number of hydrogen-bond acceptors (Lipinski definition) is 2. The molecule has 0 heterocycles. The van der Waals surface area contributed by atoms with Crippen molar-refractivity contribution in [3.8, 4) is 0 Å². The zero-order valence-electron chi connectivity index (χ0n) is 11.1. The molecule has 0 fully saturated rings. The Labute approximate surface area is 109 Å². The molecule has 0 aliphatic rings. The smallest absolute Gasteiger partial charge is 0.389 e. The molecular weight excluding hydrogens is 262 g/mol. The van der Waals surface area contributed by atoms with Crippen molar-refractivity contribution in [2.24, 2.45) is 0 Å². The maximum absolute atomic E-state index is 13.4. The molecule has 1 aromatic carbocycles. The van der Waals surface area contributed by atoms with E-state index in [0.717, 1.165) is 0 Å². The minimum absolute atomic E-state index is 0.242. The summed E-state index contributed by atoms with van der Waals surface area (Å²) in [5.41, 5.74) is 1.03. The van der Waals surface area contributed by atoms with E-state index in [1.165, 1.54) is 37.9 Å². The van der Waals surface area contributed by atoms with Crippen molar-refractivity contribution in [2.75, 3.05) is 18.5 Å². The molecular formula is C13H17F4NO. The lowest BCUT2D eigenvalue weighted by atomic mass is 10.0. The molecule has 0 aromatic heterocycles. The molecule has 108 valence electrons. The van der Waals surface area contributed by atoms with Gasteiger partial charge in [0.1, 0.15) is 5.82 Å². The Hall–Kier alpha value is -1.30. The van der Waals surface area contributed by atoms with E-state index in [9.17, 15) is 22.7 Å². The number of benzene rings is 1. The predicted molar refractivity (Wildman–Crippen MR) is 65.7 cm³/mol. The van der Waals surface area contributed by atoms with Crippen molar-refractivity contribution < 1.29 is 22.7 Å². The molecule has 0 spiro atoms. The number of halogens is 4. The van der Waals surface area contributed by atoms with Crippen LogP contribution in [0.1, 0.15) is 30.6 Å². The lowest BCUT2D eigenvalue weighted by Gasteiger charge is -2.25. The maximum Gasteiger partial charge on any atom is 0.390 e. The van der Waals surface area contributed by atoms with Crippen LogP contribution < -0.4 is 4.90 Å². The highest BCUT2D eigenvalue weighted by molar-refractivity contribution is 5.56. The molecule has 1 aromatic rings. The molecule has 0 saturated carbocycles. The topological polar surface area (TPSA) is 23.5 Å². The summed E-state index contributed by atoms with van der Waals surface area (Å²) in [7, 11) is 1.49. The van der Waals surface area contributed by atoms with Crippen molar-refractivity contribution >= 4 is 5.69 Å². The fourth-order valence-corrected chi connectivity index (χ4v) is 1.76. The second kappa shape index (κ2) is 5.77. The Morgan fingerprint density at radius 2 is 1.89 bits per heavy atom. The van der Waals surface area contributed by atoms with E-state index < -0.39 is 24.5 Å². The highest BCUT2D eigenvalue weighted by atomic mass is 19.4. The van der Waals surface area contributed by atoms with Crippen molar-refractivity contribution in [3.05, 3.63) is 29.1 Å². The summed E-state index contributed by atoms with van der Waals surface area (Å²) in [4.78, 5) is 1.38. The van der Waals surface area contributed by atoms with E-state index >= 15 is 0 Å². The second-order valence-corrected chi connectivity index (χ2v) is 4.62. The van der Waals surface area contributed by atoms with E-state index in [2.05, 4.69) is 0 Å². The van der Waals surface area contributed by atoms with Crippen LogP contribution in [0, 0.1) is 12.7 Å². The second-order valence-electron chi connectivity index (χ2n) is 4.62. The number of hydrogen-bond donors (Lipinski definition) is 1. The van der Waals surface area contributed by atoms with Crippen LogP contribution in [0.15, 0.2) is 12.1 Å². The summed E-state index contributed by atoms with van der Waals surface area (Å²) in [6.45, 7) is 2.74. The van der Waals surface area contributed by atoms with Crippen molar-refractivity contribution in [3.63, 3.8) is 0 Å². The van der Waals surface area contributed by atoms with E-state index in [1.807, 2.05) is 0 Å². The van der Waals surface area contributed by atoms with Gasteiger partial charge < -0.3 is 10.0 Å². The van der Waals surface area contributed by atoms with Gasteiger partial charge in [0.05, 0.1) is 12.5 Å². The summed E-state index contributed by atoms with van der Waals surface area (Å²) < 4.78 is 50.0. The average molecular weight is 279 g/mol. The number of aliphatic hydroxyl groups excluding tert-OH is 1. The Kier molecular flexibility index (Phi) is 4.79. The van der Waals surface area contributed by atoms with Crippen LogP contribution >= 0.6 is 0 Å². The number of alkyl halides is 3. The van der Waals surface area contributed by atoms with Crippen LogP contribution in [0.2, 0.25) is 0 Å². The fourth-order valence-electron chi connectivity index (χ4n) is 1.76. The molecule has 0 saturated heterocycles. The number of nitrogens with zero attached hydrogens (tertiary/aromatic N) is 1. The summed E-state index contributed by atoms with van der Waals surface area (Å²) in [6, 6.07) is 2.62. The van der Waals surface area contributed by atoms with Crippen molar-refractivity contribution in [2.45, 2.75) is 32.5 Å². The van der Waals surface area contributed by atoms with E-state index in [0.29, 0.717) is 11.3 Å². The highest BCUT2D eigenvalue weighted by Crippen LogP contribution is 2.30.